The van der Waals surface area contributed by atoms with Gasteiger partial charge in [-0.3, -0.25) is 0 Å². The van der Waals surface area contributed by atoms with E-state index in [0.717, 1.165) is 19.3 Å². The summed E-state index contributed by atoms with van der Waals surface area (Å²) in [6.07, 6.45) is 3.60. The first-order chi connectivity index (χ1) is 9.35. The van der Waals surface area contributed by atoms with Gasteiger partial charge in [0, 0.05) is 13.1 Å². The quantitative estimate of drug-likeness (QED) is 0.831. The van der Waals surface area contributed by atoms with Crippen LogP contribution in [0, 0.1) is 17.3 Å². The maximum atomic E-state index is 12.2. The minimum atomic E-state index is -0.884. The normalized spacial score (nSPS) is 31.8. The van der Waals surface area contributed by atoms with Gasteiger partial charge in [0.2, 0.25) is 0 Å². The van der Waals surface area contributed by atoms with Gasteiger partial charge in [0.15, 0.2) is 0 Å². The third-order valence-corrected chi connectivity index (χ3v) is 5.05. The van der Waals surface area contributed by atoms with Gasteiger partial charge >= 0.3 is 12.0 Å². The maximum Gasteiger partial charge on any atom is 0.326 e. The van der Waals surface area contributed by atoms with Gasteiger partial charge in [0.1, 0.15) is 6.04 Å². The summed E-state index contributed by atoms with van der Waals surface area (Å²) in [4.78, 5) is 25.1. The average Bonchev–Trinajstić information content (AvgIpc) is 3.02. The lowest BCUT2D eigenvalue weighted by atomic mass is 9.89. The Morgan fingerprint density at radius 2 is 2.05 bits per heavy atom. The van der Waals surface area contributed by atoms with Gasteiger partial charge in [-0.25, -0.2) is 9.59 Å². The number of likely N-dealkylation sites (tertiary alicyclic amines) is 1. The molecule has 1 aliphatic heterocycles. The van der Waals surface area contributed by atoms with Crippen LogP contribution in [0.3, 0.4) is 0 Å². The van der Waals surface area contributed by atoms with Crippen molar-refractivity contribution in [3.63, 3.8) is 0 Å². The second-order valence-electron chi connectivity index (χ2n) is 6.92. The van der Waals surface area contributed by atoms with Crippen LogP contribution in [0.1, 0.15) is 46.5 Å². The van der Waals surface area contributed by atoms with Gasteiger partial charge in [-0.05, 0) is 36.5 Å². The summed E-state index contributed by atoms with van der Waals surface area (Å²) in [5.41, 5.74) is 0.328. The molecular formula is C15H26N2O3. The number of rotatable bonds is 4. The second kappa shape index (κ2) is 5.62. The molecule has 2 aliphatic rings. The summed E-state index contributed by atoms with van der Waals surface area (Å²) < 4.78 is 0. The lowest BCUT2D eigenvalue weighted by Crippen LogP contribution is -2.53. The number of hydrogen-bond acceptors (Lipinski definition) is 2. The number of carboxylic acid groups (broad SMARTS) is 1. The lowest BCUT2D eigenvalue weighted by molar-refractivity contribution is -0.144. The zero-order chi connectivity index (χ0) is 14.9. The lowest BCUT2D eigenvalue weighted by Gasteiger charge is -2.36. The molecule has 114 valence electrons. The van der Waals surface area contributed by atoms with Crippen molar-refractivity contribution < 1.29 is 14.7 Å². The molecule has 2 rings (SSSR count). The predicted molar refractivity (Wildman–Crippen MR) is 76.4 cm³/mol. The van der Waals surface area contributed by atoms with E-state index in [1.807, 2.05) is 0 Å². The van der Waals surface area contributed by atoms with Crippen LogP contribution in [-0.2, 0) is 4.79 Å². The molecule has 1 saturated heterocycles. The Bertz CT molecular complexity index is 395. The third kappa shape index (κ3) is 3.25. The van der Waals surface area contributed by atoms with Gasteiger partial charge in [-0.2, -0.15) is 0 Å². The molecule has 0 aromatic heterocycles. The van der Waals surface area contributed by atoms with Crippen LogP contribution in [0.2, 0.25) is 0 Å². The van der Waals surface area contributed by atoms with E-state index in [0.29, 0.717) is 36.8 Å². The molecule has 0 radical (unpaired) electrons. The highest BCUT2D eigenvalue weighted by Gasteiger charge is 2.45. The number of aliphatic carboxylic acids is 1. The third-order valence-electron chi connectivity index (χ3n) is 5.05. The second-order valence-corrected chi connectivity index (χ2v) is 6.92. The maximum absolute atomic E-state index is 12.2. The van der Waals surface area contributed by atoms with Gasteiger partial charge in [0.25, 0.3) is 0 Å². The van der Waals surface area contributed by atoms with Gasteiger partial charge in [0.05, 0.1) is 0 Å². The summed E-state index contributed by atoms with van der Waals surface area (Å²) >= 11 is 0. The van der Waals surface area contributed by atoms with Crippen LogP contribution in [0.25, 0.3) is 0 Å². The first-order valence-electron chi connectivity index (χ1n) is 7.62. The number of carbonyl (C=O) groups is 2. The van der Waals surface area contributed by atoms with Crippen LogP contribution in [0.5, 0.6) is 0 Å². The molecule has 3 unspecified atom stereocenters. The SMILES string of the molecule is CCC1CCN(C(=O)NCC2CC2(C)C)C(C(=O)O)C1. The number of carboxylic acids is 1. The molecule has 1 heterocycles. The Morgan fingerprint density at radius 3 is 2.55 bits per heavy atom. The predicted octanol–water partition coefficient (Wildman–Crippen LogP) is 2.32. The minimum Gasteiger partial charge on any atom is -0.480 e. The monoisotopic (exact) mass is 282 g/mol. The van der Waals surface area contributed by atoms with Gasteiger partial charge in [-0.15, -0.1) is 0 Å². The first-order valence-corrected chi connectivity index (χ1v) is 7.62. The fourth-order valence-electron chi connectivity index (χ4n) is 3.12. The average molecular weight is 282 g/mol. The Balaban J connectivity index is 1.88. The van der Waals surface area contributed by atoms with Crippen molar-refractivity contribution >= 4 is 12.0 Å². The summed E-state index contributed by atoms with van der Waals surface area (Å²) in [5, 5.41) is 12.2. The highest BCUT2D eigenvalue weighted by molar-refractivity contribution is 5.82. The molecule has 0 aromatic carbocycles. The van der Waals surface area contributed by atoms with Crippen molar-refractivity contribution in [2.75, 3.05) is 13.1 Å². The summed E-state index contributed by atoms with van der Waals surface area (Å²) in [6.45, 7) is 7.67. The number of piperidine rings is 1. The van der Waals surface area contributed by atoms with Crippen molar-refractivity contribution in [3.8, 4) is 0 Å². The topological polar surface area (TPSA) is 69.6 Å². The summed E-state index contributed by atoms with van der Waals surface area (Å²) in [5.74, 6) is 0.0653. The van der Waals surface area contributed by atoms with Crippen LogP contribution < -0.4 is 5.32 Å². The summed E-state index contributed by atoms with van der Waals surface area (Å²) in [6, 6.07) is -0.879. The van der Waals surface area contributed by atoms with E-state index >= 15 is 0 Å². The number of amides is 2. The fourth-order valence-corrected chi connectivity index (χ4v) is 3.12. The highest BCUT2D eigenvalue weighted by Crippen LogP contribution is 2.51. The highest BCUT2D eigenvalue weighted by atomic mass is 16.4. The molecular weight excluding hydrogens is 256 g/mol. The number of nitrogens with one attached hydrogen (secondary N) is 1. The number of hydrogen-bond donors (Lipinski definition) is 2. The molecule has 5 heteroatoms. The number of nitrogens with zero attached hydrogens (tertiary/aromatic N) is 1. The molecule has 2 N–H and O–H groups in total. The number of urea groups is 1. The van der Waals surface area contributed by atoms with Gasteiger partial charge < -0.3 is 15.3 Å². The van der Waals surface area contributed by atoms with Crippen molar-refractivity contribution in [2.45, 2.75) is 52.5 Å². The van der Waals surface area contributed by atoms with E-state index in [9.17, 15) is 14.7 Å². The molecule has 0 spiro atoms. The fraction of sp³-hybridized carbons (Fsp3) is 0.867. The standard InChI is InChI=1S/C15H26N2O3/c1-4-10-5-6-17(12(7-10)13(18)19)14(20)16-9-11-8-15(11,2)3/h10-12H,4-9H2,1-3H3,(H,16,20)(H,18,19). The van der Waals surface area contributed by atoms with Crippen LogP contribution in [-0.4, -0.2) is 41.1 Å². The van der Waals surface area contributed by atoms with Crippen molar-refractivity contribution in [1.29, 1.82) is 0 Å². The Hall–Kier alpha value is -1.26. The van der Waals surface area contributed by atoms with Crippen molar-refractivity contribution in [3.05, 3.63) is 0 Å². The van der Waals surface area contributed by atoms with Crippen molar-refractivity contribution in [1.82, 2.24) is 10.2 Å². The molecule has 1 saturated carbocycles. The molecule has 5 nitrogen and oxygen atoms in total. The van der Waals surface area contributed by atoms with E-state index in [4.69, 9.17) is 0 Å². The molecule has 2 fully saturated rings. The first kappa shape index (κ1) is 15.1. The summed E-state index contributed by atoms with van der Waals surface area (Å²) in [7, 11) is 0. The zero-order valence-corrected chi connectivity index (χ0v) is 12.7. The van der Waals surface area contributed by atoms with Crippen LogP contribution in [0.4, 0.5) is 4.79 Å². The molecule has 3 atom stereocenters. The van der Waals surface area contributed by atoms with Crippen LogP contribution >= 0.6 is 0 Å². The van der Waals surface area contributed by atoms with E-state index in [1.165, 1.54) is 4.90 Å². The smallest absolute Gasteiger partial charge is 0.326 e. The molecule has 1 aliphatic carbocycles. The van der Waals surface area contributed by atoms with Gasteiger partial charge in [-0.1, -0.05) is 27.2 Å². The van der Waals surface area contributed by atoms with Crippen molar-refractivity contribution in [2.24, 2.45) is 17.3 Å². The molecule has 20 heavy (non-hydrogen) atoms. The van der Waals surface area contributed by atoms with E-state index in [-0.39, 0.29) is 6.03 Å². The Labute approximate surface area is 120 Å². The minimum absolute atomic E-state index is 0.213. The van der Waals surface area contributed by atoms with E-state index < -0.39 is 12.0 Å². The van der Waals surface area contributed by atoms with E-state index in [1.54, 1.807) is 0 Å². The zero-order valence-electron chi connectivity index (χ0n) is 12.7. The van der Waals surface area contributed by atoms with Crippen LogP contribution in [0.15, 0.2) is 0 Å². The van der Waals surface area contributed by atoms with E-state index in [2.05, 4.69) is 26.1 Å². The molecule has 0 aromatic rings. The Kier molecular flexibility index (Phi) is 4.25. The largest absolute Gasteiger partial charge is 0.480 e. The Morgan fingerprint density at radius 1 is 1.40 bits per heavy atom. The number of carbonyl (C=O) groups excluding carboxylic acids is 1. The molecule has 0 bridgehead atoms. The molecule has 2 amide bonds.